The topological polar surface area (TPSA) is 34.1 Å². The molecule has 0 aliphatic carbocycles. The number of rotatable bonds is 2. The smallest absolute Gasteiger partial charge is 0.194 e. The monoisotopic (exact) mass is 256 g/mol. The molecule has 1 atom stereocenters. The maximum atomic E-state index is 12.6. The molecule has 1 aromatic rings. The highest BCUT2D eigenvalue weighted by molar-refractivity contribution is 7.86. The van der Waals surface area contributed by atoms with Gasteiger partial charge in [-0.3, -0.25) is 0 Å². The lowest BCUT2D eigenvalue weighted by molar-refractivity contribution is -0.137. The van der Waals surface area contributed by atoms with Crippen molar-refractivity contribution in [2.75, 3.05) is 0 Å². The Morgan fingerprint density at radius 1 is 1.25 bits per heavy atom. The lowest BCUT2D eigenvalue weighted by Crippen LogP contribution is -2.08. The van der Waals surface area contributed by atoms with Gasteiger partial charge in [-0.25, -0.2) is 0 Å². The van der Waals surface area contributed by atoms with E-state index in [1.54, 1.807) is 0 Å². The molecule has 2 nitrogen and oxygen atoms in total. The van der Waals surface area contributed by atoms with Crippen molar-refractivity contribution in [1.82, 2.24) is 0 Å². The number of hydrogen-bond donors (Lipinski definition) is 0. The Balaban J connectivity index is 3.19. The van der Waals surface area contributed by atoms with Gasteiger partial charge in [0.15, 0.2) is 0 Å². The second kappa shape index (κ2) is 4.04. The minimum atomic E-state index is -4.89. The quantitative estimate of drug-likeness (QED) is 0.602. The second-order valence-corrected chi connectivity index (χ2v) is 4.90. The molecule has 0 radical (unpaired) electrons. The summed E-state index contributed by atoms with van der Waals surface area (Å²) in [7, 11) is -4.89. The van der Waals surface area contributed by atoms with Gasteiger partial charge in [-0.2, -0.15) is 21.6 Å². The van der Waals surface area contributed by atoms with Gasteiger partial charge in [0.05, 0.1) is 5.56 Å². The van der Waals surface area contributed by atoms with E-state index in [1.165, 1.54) is 0 Å². The predicted molar refractivity (Wildman–Crippen MR) is 49.9 cm³/mol. The van der Waals surface area contributed by atoms with Gasteiger partial charge >= 0.3 is 16.4 Å². The Hall–Kier alpha value is -1.11. The zero-order chi connectivity index (χ0) is 12.6. The van der Waals surface area contributed by atoms with Crippen molar-refractivity contribution in [3.63, 3.8) is 0 Å². The zero-order valence-corrected chi connectivity index (χ0v) is 8.94. The first kappa shape index (κ1) is 13.0. The summed E-state index contributed by atoms with van der Waals surface area (Å²) in [4.78, 5) is 0. The Morgan fingerprint density at radius 3 is 2.25 bits per heavy atom. The molecule has 0 aliphatic heterocycles. The SMILES string of the molecule is CC(c1cccc(C(F)(F)F)c1)S(=O)(=O)F. The molecule has 16 heavy (non-hydrogen) atoms. The molecule has 0 heterocycles. The fourth-order valence-electron chi connectivity index (χ4n) is 1.13. The van der Waals surface area contributed by atoms with Gasteiger partial charge in [0.25, 0.3) is 0 Å². The van der Waals surface area contributed by atoms with Crippen LogP contribution >= 0.6 is 0 Å². The van der Waals surface area contributed by atoms with Crippen molar-refractivity contribution in [1.29, 1.82) is 0 Å². The van der Waals surface area contributed by atoms with E-state index in [-0.39, 0.29) is 5.56 Å². The molecular formula is C9H8F4O2S. The van der Waals surface area contributed by atoms with Gasteiger partial charge in [-0.05, 0) is 18.6 Å². The van der Waals surface area contributed by atoms with Crippen molar-refractivity contribution in [3.8, 4) is 0 Å². The van der Waals surface area contributed by atoms with E-state index in [4.69, 9.17) is 0 Å². The summed E-state index contributed by atoms with van der Waals surface area (Å²) < 4.78 is 70.5. The van der Waals surface area contributed by atoms with E-state index >= 15 is 0 Å². The van der Waals surface area contributed by atoms with Crippen LogP contribution < -0.4 is 0 Å². The largest absolute Gasteiger partial charge is 0.416 e. The number of halogens is 4. The summed E-state index contributed by atoms with van der Waals surface area (Å²) >= 11 is 0. The molecular weight excluding hydrogens is 248 g/mol. The minimum Gasteiger partial charge on any atom is -0.194 e. The predicted octanol–water partition coefficient (Wildman–Crippen LogP) is 3.07. The highest BCUT2D eigenvalue weighted by Crippen LogP contribution is 2.32. The van der Waals surface area contributed by atoms with Gasteiger partial charge < -0.3 is 0 Å². The molecule has 1 unspecified atom stereocenters. The molecule has 90 valence electrons. The minimum absolute atomic E-state index is 0.225. The lowest BCUT2D eigenvalue weighted by Gasteiger charge is -2.11. The van der Waals surface area contributed by atoms with Crippen molar-refractivity contribution in [2.45, 2.75) is 18.3 Å². The Bertz CT molecular complexity index is 479. The summed E-state index contributed by atoms with van der Waals surface area (Å²) in [6.45, 7) is 0.991. The van der Waals surface area contributed by atoms with Crippen LogP contribution in [0, 0.1) is 0 Å². The van der Waals surface area contributed by atoms with Gasteiger partial charge in [-0.1, -0.05) is 18.2 Å². The lowest BCUT2D eigenvalue weighted by atomic mass is 10.1. The second-order valence-electron chi connectivity index (χ2n) is 3.24. The summed E-state index contributed by atoms with van der Waals surface area (Å²) in [5.74, 6) is 0. The number of hydrogen-bond acceptors (Lipinski definition) is 2. The van der Waals surface area contributed by atoms with Gasteiger partial charge in [0.2, 0.25) is 0 Å². The van der Waals surface area contributed by atoms with Gasteiger partial charge in [0, 0.05) is 0 Å². The molecule has 0 bridgehead atoms. The van der Waals surface area contributed by atoms with Crippen molar-refractivity contribution < 1.29 is 25.5 Å². The van der Waals surface area contributed by atoms with Gasteiger partial charge in [-0.15, -0.1) is 3.89 Å². The average Bonchev–Trinajstić information content (AvgIpc) is 2.14. The maximum Gasteiger partial charge on any atom is 0.416 e. The van der Waals surface area contributed by atoms with Crippen molar-refractivity contribution in [2.24, 2.45) is 0 Å². The molecule has 1 rings (SSSR count). The van der Waals surface area contributed by atoms with Crippen LogP contribution in [-0.4, -0.2) is 8.42 Å². The van der Waals surface area contributed by atoms with Gasteiger partial charge in [0.1, 0.15) is 5.25 Å². The first-order chi connectivity index (χ1) is 7.12. The summed E-state index contributed by atoms with van der Waals surface area (Å²) in [6.07, 6.45) is -4.57. The van der Waals surface area contributed by atoms with E-state index in [9.17, 15) is 25.5 Å². The van der Waals surface area contributed by atoms with Crippen molar-refractivity contribution in [3.05, 3.63) is 35.4 Å². The third-order valence-corrected chi connectivity index (χ3v) is 3.22. The molecule has 0 N–H and O–H groups in total. The molecule has 0 aromatic heterocycles. The van der Waals surface area contributed by atoms with E-state index in [1.807, 2.05) is 0 Å². The third kappa shape index (κ3) is 2.94. The third-order valence-electron chi connectivity index (χ3n) is 2.11. The molecule has 0 amide bonds. The molecule has 7 heteroatoms. The molecule has 0 saturated heterocycles. The Labute approximate surface area is 90.1 Å². The van der Waals surface area contributed by atoms with E-state index < -0.39 is 27.2 Å². The first-order valence-corrected chi connectivity index (χ1v) is 5.67. The number of benzene rings is 1. The number of alkyl halides is 3. The first-order valence-electron chi connectivity index (χ1n) is 4.23. The van der Waals surface area contributed by atoms with Crippen LogP contribution in [-0.2, 0) is 16.4 Å². The molecule has 0 aliphatic rings. The summed E-state index contributed by atoms with van der Waals surface area (Å²) in [6, 6.07) is 3.60. The van der Waals surface area contributed by atoms with Crippen LogP contribution in [0.4, 0.5) is 17.1 Å². The van der Waals surface area contributed by atoms with Crippen LogP contribution in [0.3, 0.4) is 0 Å². The van der Waals surface area contributed by atoms with Crippen LogP contribution in [0.2, 0.25) is 0 Å². The average molecular weight is 256 g/mol. The maximum absolute atomic E-state index is 12.6. The van der Waals surface area contributed by atoms with Crippen LogP contribution in [0.25, 0.3) is 0 Å². The Kier molecular flexibility index (Phi) is 3.27. The fraction of sp³-hybridized carbons (Fsp3) is 0.333. The summed E-state index contributed by atoms with van der Waals surface area (Å²) in [5.41, 5.74) is -1.22. The fourth-order valence-corrected chi connectivity index (χ4v) is 1.60. The molecule has 0 saturated carbocycles. The van der Waals surface area contributed by atoms with Crippen LogP contribution in [0.1, 0.15) is 23.3 Å². The molecule has 0 fully saturated rings. The molecule has 0 spiro atoms. The standard InChI is InChI=1S/C9H8F4O2S/c1-6(16(13,14)15)7-3-2-4-8(5-7)9(10,11)12/h2-6H,1H3. The highest BCUT2D eigenvalue weighted by atomic mass is 32.3. The van der Waals surface area contributed by atoms with E-state index in [2.05, 4.69) is 0 Å². The molecule has 1 aromatic carbocycles. The van der Waals surface area contributed by atoms with E-state index in [0.29, 0.717) is 6.07 Å². The van der Waals surface area contributed by atoms with Crippen LogP contribution in [0.5, 0.6) is 0 Å². The van der Waals surface area contributed by atoms with E-state index in [0.717, 1.165) is 25.1 Å². The van der Waals surface area contributed by atoms with Crippen LogP contribution in [0.15, 0.2) is 24.3 Å². The normalized spacial score (nSPS) is 14.8. The Morgan fingerprint density at radius 2 is 1.81 bits per heavy atom. The van der Waals surface area contributed by atoms with Crippen molar-refractivity contribution >= 4 is 10.2 Å². The summed E-state index contributed by atoms with van der Waals surface area (Å²) in [5, 5.41) is -1.60. The zero-order valence-electron chi connectivity index (χ0n) is 8.12. The highest BCUT2D eigenvalue weighted by Gasteiger charge is 2.32.